The first kappa shape index (κ1) is 10.2. The molecule has 1 aromatic rings. The van der Waals surface area contributed by atoms with E-state index in [1.807, 2.05) is 0 Å². The van der Waals surface area contributed by atoms with E-state index in [9.17, 15) is 0 Å². The Morgan fingerprint density at radius 1 is 1.54 bits per heavy atom. The maximum atomic E-state index is 8.39. The maximum absolute atomic E-state index is 8.39. The molecule has 0 N–H and O–H groups in total. The van der Waals surface area contributed by atoms with E-state index in [2.05, 4.69) is 34.8 Å². The Balaban J connectivity index is 2.16. The van der Waals surface area contributed by atoms with Gasteiger partial charge in [0.1, 0.15) is 0 Å². The van der Waals surface area contributed by atoms with Crippen LogP contribution in [0.4, 0.5) is 0 Å². The summed E-state index contributed by atoms with van der Waals surface area (Å²) in [6.45, 7) is 1.92. The zero-order valence-corrected chi connectivity index (χ0v) is 8.68. The van der Waals surface area contributed by atoms with Crippen molar-refractivity contribution in [3.8, 4) is 6.07 Å². The fraction of sp³-hybridized carbons (Fsp3) is 0.500. The molecular formula is C10H14N2S. The predicted octanol–water partition coefficient (Wildman–Crippen LogP) is 2.14. The maximum Gasteiger partial charge on any atom is 0.0635 e. The highest BCUT2D eigenvalue weighted by molar-refractivity contribution is 7.07. The van der Waals surface area contributed by atoms with Gasteiger partial charge in [0.15, 0.2) is 0 Å². The minimum atomic E-state index is 0.625. The number of nitrogens with zero attached hydrogens (tertiary/aromatic N) is 2. The minimum Gasteiger partial charge on any atom is -0.305 e. The number of thiophene rings is 1. The third-order valence-corrected chi connectivity index (χ3v) is 2.70. The first-order valence-corrected chi connectivity index (χ1v) is 5.34. The van der Waals surface area contributed by atoms with Gasteiger partial charge in [0.2, 0.25) is 0 Å². The van der Waals surface area contributed by atoms with Crippen molar-refractivity contribution in [2.75, 3.05) is 20.1 Å². The fourth-order valence-corrected chi connectivity index (χ4v) is 1.81. The smallest absolute Gasteiger partial charge is 0.0635 e. The van der Waals surface area contributed by atoms with Crippen LogP contribution in [-0.4, -0.2) is 25.0 Å². The molecule has 0 radical (unpaired) electrons. The predicted molar refractivity (Wildman–Crippen MR) is 55.8 cm³/mol. The van der Waals surface area contributed by atoms with Gasteiger partial charge < -0.3 is 4.90 Å². The fourth-order valence-electron chi connectivity index (χ4n) is 1.11. The zero-order valence-electron chi connectivity index (χ0n) is 7.86. The van der Waals surface area contributed by atoms with Crippen molar-refractivity contribution in [2.24, 2.45) is 0 Å². The van der Waals surface area contributed by atoms with E-state index in [0.29, 0.717) is 6.42 Å². The molecule has 2 nitrogen and oxygen atoms in total. The summed E-state index contributed by atoms with van der Waals surface area (Å²) in [7, 11) is 2.06. The van der Waals surface area contributed by atoms with Crippen LogP contribution >= 0.6 is 11.3 Å². The molecule has 0 aromatic carbocycles. The van der Waals surface area contributed by atoms with Gasteiger partial charge in [0.05, 0.1) is 6.07 Å². The summed E-state index contributed by atoms with van der Waals surface area (Å²) in [6, 6.07) is 4.31. The lowest BCUT2D eigenvalue weighted by molar-refractivity contribution is 0.347. The highest BCUT2D eigenvalue weighted by atomic mass is 32.1. The Labute approximate surface area is 83.4 Å². The molecule has 1 aromatic heterocycles. The molecule has 0 atom stereocenters. The average molecular weight is 194 g/mol. The average Bonchev–Trinajstić information content (AvgIpc) is 2.64. The van der Waals surface area contributed by atoms with E-state index in [1.54, 1.807) is 11.3 Å². The highest BCUT2D eigenvalue weighted by Crippen LogP contribution is 2.06. The molecule has 0 aliphatic carbocycles. The van der Waals surface area contributed by atoms with Crippen LogP contribution in [0.1, 0.15) is 12.0 Å². The van der Waals surface area contributed by atoms with Crippen molar-refractivity contribution in [2.45, 2.75) is 12.8 Å². The van der Waals surface area contributed by atoms with Gasteiger partial charge in [0, 0.05) is 19.5 Å². The van der Waals surface area contributed by atoms with E-state index in [-0.39, 0.29) is 0 Å². The van der Waals surface area contributed by atoms with Crippen LogP contribution in [0.2, 0.25) is 0 Å². The number of hydrogen-bond acceptors (Lipinski definition) is 3. The molecule has 0 saturated carbocycles. The van der Waals surface area contributed by atoms with Crippen molar-refractivity contribution in [3.05, 3.63) is 22.4 Å². The second-order valence-corrected chi connectivity index (χ2v) is 3.87. The van der Waals surface area contributed by atoms with Gasteiger partial charge in [0.25, 0.3) is 0 Å². The molecule has 0 fully saturated rings. The van der Waals surface area contributed by atoms with Crippen LogP contribution in [0.25, 0.3) is 0 Å². The van der Waals surface area contributed by atoms with Gasteiger partial charge >= 0.3 is 0 Å². The second-order valence-electron chi connectivity index (χ2n) is 3.09. The molecule has 3 heteroatoms. The van der Waals surface area contributed by atoms with E-state index in [0.717, 1.165) is 19.5 Å². The summed E-state index contributed by atoms with van der Waals surface area (Å²) in [6.07, 6.45) is 1.71. The Hall–Kier alpha value is -0.850. The van der Waals surface area contributed by atoms with Crippen LogP contribution in [-0.2, 0) is 6.42 Å². The summed E-state index contributed by atoms with van der Waals surface area (Å²) >= 11 is 1.74. The Morgan fingerprint density at radius 3 is 3.00 bits per heavy atom. The lowest BCUT2D eigenvalue weighted by Gasteiger charge is -2.13. The van der Waals surface area contributed by atoms with E-state index in [1.165, 1.54) is 5.56 Å². The lowest BCUT2D eigenvalue weighted by atomic mass is 10.2. The molecule has 0 bridgehead atoms. The minimum absolute atomic E-state index is 0.625. The number of likely N-dealkylation sites (N-methyl/N-ethyl adjacent to an activating group) is 1. The van der Waals surface area contributed by atoms with E-state index < -0.39 is 0 Å². The van der Waals surface area contributed by atoms with Crippen molar-refractivity contribution in [1.29, 1.82) is 5.26 Å². The SMILES string of the molecule is CN(CCC#N)CCc1ccsc1. The van der Waals surface area contributed by atoms with Crippen molar-refractivity contribution in [1.82, 2.24) is 4.90 Å². The van der Waals surface area contributed by atoms with Crippen molar-refractivity contribution >= 4 is 11.3 Å². The summed E-state index contributed by atoms with van der Waals surface area (Å²) in [5.41, 5.74) is 1.40. The zero-order chi connectivity index (χ0) is 9.52. The Bertz CT molecular complexity index is 261. The van der Waals surface area contributed by atoms with Crippen LogP contribution < -0.4 is 0 Å². The molecule has 13 heavy (non-hydrogen) atoms. The molecule has 0 aliphatic heterocycles. The Kier molecular flexibility index (Phi) is 4.52. The van der Waals surface area contributed by atoms with E-state index >= 15 is 0 Å². The highest BCUT2D eigenvalue weighted by Gasteiger charge is 1.98. The number of hydrogen-bond donors (Lipinski definition) is 0. The van der Waals surface area contributed by atoms with Gasteiger partial charge in [-0.05, 0) is 35.9 Å². The third kappa shape index (κ3) is 4.07. The van der Waals surface area contributed by atoms with Crippen LogP contribution in [0.3, 0.4) is 0 Å². The van der Waals surface area contributed by atoms with Gasteiger partial charge in [-0.15, -0.1) is 0 Å². The van der Waals surface area contributed by atoms with Crippen LogP contribution in [0.15, 0.2) is 16.8 Å². The molecule has 0 unspecified atom stereocenters. The quantitative estimate of drug-likeness (QED) is 0.718. The summed E-state index contributed by atoms with van der Waals surface area (Å²) < 4.78 is 0. The standard InChI is InChI=1S/C10H14N2S/c1-12(6-2-5-11)7-3-10-4-8-13-9-10/h4,8-9H,2-3,6-7H2,1H3. The second kappa shape index (κ2) is 5.74. The molecule has 0 spiro atoms. The lowest BCUT2D eigenvalue weighted by Crippen LogP contribution is -2.21. The van der Waals surface area contributed by atoms with Crippen LogP contribution in [0.5, 0.6) is 0 Å². The van der Waals surface area contributed by atoms with Crippen LogP contribution in [0, 0.1) is 11.3 Å². The summed E-state index contributed by atoms with van der Waals surface area (Å²) in [5, 5.41) is 12.7. The van der Waals surface area contributed by atoms with Gasteiger partial charge in [-0.3, -0.25) is 0 Å². The number of nitriles is 1. The first-order chi connectivity index (χ1) is 6.33. The third-order valence-electron chi connectivity index (χ3n) is 1.97. The van der Waals surface area contributed by atoms with Crippen molar-refractivity contribution in [3.63, 3.8) is 0 Å². The number of rotatable bonds is 5. The first-order valence-electron chi connectivity index (χ1n) is 4.39. The van der Waals surface area contributed by atoms with Crippen molar-refractivity contribution < 1.29 is 0 Å². The normalized spacial score (nSPS) is 10.2. The molecule has 0 aliphatic rings. The molecule has 1 heterocycles. The monoisotopic (exact) mass is 194 g/mol. The van der Waals surface area contributed by atoms with Gasteiger partial charge in [-0.1, -0.05) is 0 Å². The molecule has 0 saturated heterocycles. The molecule has 1 rings (SSSR count). The largest absolute Gasteiger partial charge is 0.305 e. The van der Waals surface area contributed by atoms with Gasteiger partial charge in [-0.2, -0.15) is 16.6 Å². The van der Waals surface area contributed by atoms with Gasteiger partial charge in [-0.25, -0.2) is 0 Å². The molecule has 0 amide bonds. The Morgan fingerprint density at radius 2 is 2.38 bits per heavy atom. The summed E-state index contributed by atoms with van der Waals surface area (Å²) in [5.74, 6) is 0. The molecular weight excluding hydrogens is 180 g/mol. The van der Waals surface area contributed by atoms with E-state index in [4.69, 9.17) is 5.26 Å². The molecule has 70 valence electrons. The summed E-state index contributed by atoms with van der Waals surface area (Å²) in [4.78, 5) is 2.20. The topological polar surface area (TPSA) is 27.0 Å².